The maximum Gasteiger partial charge on any atom is 0.255 e. The first kappa shape index (κ1) is 17.4. The van der Waals surface area contributed by atoms with Gasteiger partial charge in [0.2, 0.25) is 16.9 Å². The average molecular weight is 386 g/mol. The number of fused-ring (bicyclic) bond motifs is 1. The molecule has 0 saturated carbocycles. The molecule has 0 aliphatic carbocycles. The van der Waals surface area contributed by atoms with Crippen LogP contribution >= 0.6 is 11.3 Å². The number of amides is 3. The number of hydrogen-bond donors (Lipinski definition) is 3. The van der Waals surface area contributed by atoms with Gasteiger partial charge in [0, 0.05) is 25.1 Å². The Morgan fingerprint density at radius 3 is 2.93 bits per heavy atom. The number of anilines is 2. The summed E-state index contributed by atoms with van der Waals surface area (Å²) in [6, 6.07) is 7.30. The van der Waals surface area contributed by atoms with Crippen molar-refractivity contribution in [1.29, 1.82) is 0 Å². The summed E-state index contributed by atoms with van der Waals surface area (Å²) in [6.45, 7) is 0.302. The van der Waals surface area contributed by atoms with Crippen LogP contribution in [0.5, 0.6) is 0 Å². The standard InChI is InChI=1S/C17H18N6O3S/c24-13(19-16-22-18-10-27-16)9-23-8-7-17(6-5-14(23)25)20-12-4-2-1-3-11(12)15(26)21-17/h1-4,10,20H,5-9H2,(H,21,26)(H,19,22,24)/t17-/m0/s1. The van der Waals surface area contributed by atoms with Crippen LogP contribution < -0.4 is 16.0 Å². The van der Waals surface area contributed by atoms with E-state index in [1.807, 2.05) is 18.2 Å². The maximum atomic E-state index is 12.5. The van der Waals surface area contributed by atoms with E-state index in [1.165, 1.54) is 21.7 Å². The van der Waals surface area contributed by atoms with Gasteiger partial charge in [-0.2, -0.15) is 0 Å². The smallest absolute Gasteiger partial charge is 0.255 e. The third kappa shape index (κ3) is 3.61. The summed E-state index contributed by atoms with van der Waals surface area (Å²) in [5.74, 6) is -0.588. The molecule has 2 aromatic rings. The number of benzene rings is 1. The van der Waals surface area contributed by atoms with Gasteiger partial charge < -0.3 is 15.5 Å². The number of hydrogen-bond acceptors (Lipinski definition) is 7. The van der Waals surface area contributed by atoms with Crippen molar-refractivity contribution >= 4 is 39.9 Å². The Morgan fingerprint density at radius 1 is 1.26 bits per heavy atom. The van der Waals surface area contributed by atoms with Gasteiger partial charge in [-0.15, -0.1) is 10.2 Å². The molecule has 2 aliphatic rings. The van der Waals surface area contributed by atoms with Crippen LogP contribution in [-0.4, -0.2) is 51.6 Å². The third-order valence-electron chi connectivity index (χ3n) is 4.77. The fraction of sp³-hybridized carbons (Fsp3) is 0.353. The minimum absolute atomic E-state index is 0.0565. The summed E-state index contributed by atoms with van der Waals surface area (Å²) >= 11 is 1.21. The van der Waals surface area contributed by atoms with Crippen LogP contribution in [0.15, 0.2) is 29.8 Å². The van der Waals surface area contributed by atoms with E-state index >= 15 is 0 Å². The molecule has 10 heteroatoms. The summed E-state index contributed by atoms with van der Waals surface area (Å²) in [4.78, 5) is 38.6. The van der Waals surface area contributed by atoms with E-state index in [-0.39, 0.29) is 30.7 Å². The fourth-order valence-corrected chi connectivity index (χ4v) is 3.86. The van der Waals surface area contributed by atoms with Gasteiger partial charge in [0.1, 0.15) is 11.2 Å². The van der Waals surface area contributed by atoms with Crippen LogP contribution in [0.1, 0.15) is 29.6 Å². The zero-order chi connectivity index (χ0) is 18.9. The molecule has 3 N–H and O–H groups in total. The first-order valence-corrected chi connectivity index (χ1v) is 9.46. The summed E-state index contributed by atoms with van der Waals surface area (Å²) in [5, 5.41) is 16.8. The highest BCUT2D eigenvalue weighted by Crippen LogP contribution is 2.31. The molecule has 3 heterocycles. The summed E-state index contributed by atoms with van der Waals surface area (Å²) in [6.07, 6.45) is 1.20. The van der Waals surface area contributed by atoms with E-state index in [0.29, 0.717) is 30.1 Å². The molecule has 1 fully saturated rings. The van der Waals surface area contributed by atoms with Crippen molar-refractivity contribution in [2.75, 3.05) is 23.7 Å². The van der Waals surface area contributed by atoms with Crippen LogP contribution in [0.2, 0.25) is 0 Å². The molecule has 0 radical (unpaired) electrons. The number of likely N-dealkylation sites (tertiary alicyclic amines) is 1. The molecule has 1 aromatic heterocycles. The lowest BCUT2D eigenvalue weighted by Gasteiger charge is -2.39. The predicted molar refractivity (Wildman–Crippen MR) is 99.2 cm³/mol. The number of nitrogens with one attached hydrogen (secondary N) is 3. The lowest BCUT2D eigenvalue weighted by molar-refractivity contribution is -0.134. The number of para-hydroxylation sites is 1. The number of nitrogens with zero attached hydrogens (tertiary/aromatic N) is 3. The lowest BCUT2D eigenvalue weighted by atomic mass is 9.95. The number of carbonyl (C=O) groups is 3. The van der Waals surface area contributed by atoms with E-state index in [1.54, 1.807) is 6.07 Å². The molecule has 1 spiro atoms. The minimum atomic E-state index is -0.689. The molecule has 2 aliphatic heterocycles. The minimum Gasteiger partial charge on any atom is -0.362 e. The summed E-state index contributed by atoms with van der Waals surface area (Å²) in [7, 11) is 0. The Kier molecular flexibility index (Phi) is 4.48. The molecule has 1 atom stereocenters. The largest absolute Gasteiger partial charge is 0.362 e. The zero-order valence-electron chi connectivity index (χ0n) is 14.4. The van der Waals surface area contributed by atoms with Crippen molar-refractivity contribution < 1.29 is 14.4 Å². The van der Waals surface area contributed by atoms with Crippen molar-refractivity contribution in [3.05, 3.63) is 35.3 Å². The highest BCUT2D eigenvalue weighted by molar-refractivity contribution is 7.13. The van der Waals surface area contributed by atoms with E-state index in [9.17, 15) is 14.4 Å². The SMILES string of the molecule is O=C(CN1CC[C@]2(CCC1=O)NC(=O)c1ccccc1N2)Nc1nncs1. The van der Waals surface area contributed by atoms with Gasteiger partial charge in [-0.1, -0.05) is 23.5 Å². The Morgan fingerprint density at radius 2 is 2.11 bits per heavy atom. The van der Waals surface area contributed by atoms with Gasteiger partial charge in [-0.25, -0.2) is 0 Å². The first-order valence-electron chi connectivity index (χ1n) is 8.58. The highest BCUT2D eigenvalue weighted by atomic mass is 32.1. The monoisotopic (exact) mass is 386 g/mol. The van der Waals surface area contributed by atoms with Gasteiger partial charge in [0.25, 0.3) is 5.91 Å². The molecule has 1 saturated heterocycles. The van der Waals surface area contributed by atoms with Crippen LogP contribution in [0.25, 0.3) is 0 Å². The molecule has 27 heavy (non-hydrogen) atoms. The molecule has 0 bridgehead atoms. The fourth-order valence-electron chi connectivity index (χ4n) is 3.39. The Bertz CT molecular complexity index is 887. The summed E-state index contributed by atoms with van der Waals surface area (Å²) < 4.78 is 0. The second-order valence-electron chi connectivity index (χ2n) is 6.56. The van der Waals surface area contributed by atoms with Crippen molar-refractivity contribution in [3.63, 3.8) is 0 Å². The number of carbonyl (C=O) groups excluding carboxylic acids is 3. The second kappa shape index (κ2) is 6.95. The predicted octanol–water partition coefficient (Wildman–Crippen LogP) is 1.04. The second-order valence-corrected chi connectivity index (χ2v) is 7.40. The molecular weight excluding hydrogens is 368 g/mol. The Labute approximate surface area is 159 Å². The number of aromatic nitrogens is 2. The van der Waals surface area contributed by atoms with Gasteiger partial charge >= 0.3 is 0 Å². The van der Waals surface area contributed by atoms with Gasteiger partial charge in [0.05, 0.1) is 12.1 Å². The van der Waals surface area contributed by atoms with Crippen LogP contribution in [-0.2, 0) is 9.59 Å². The van der Waals surface area contributed by atoms with E-state index < -0.39 is 5.66 Å². The zero-order valence-corrected chi connectivity index (χ0v) is 15.2. The molecule has 9 nitrogen and oxygen atoms in total. The average Bonchev–Trinajstić information content (AvgIpc) is 3.11. The third-order valence-corrected chi connectivity index (χ3v) is 5.37. The van der Waals surface area contributed by atoms with Crippen molar-refractivity contribution in [2.45, 2.75) is 24.9 Å². The maximum absolute atomic E-state index is 12.5. The summed E-state index contributed by atoms with van der Waals surface area (Å²) in [5.41, 5.74) is 2.18. The van der Waals surface area contributed by atoms with E-state index in [2.05, 4.69) is 26.1 Å². The quantitative estimate of drug-likeness (QED) is 0.726. The van der Waals surface area contributed by atoms with Gasteiger partial charge in [-0.05, 0) is 18.6 Å². The Balaban J connectivity index is 1.44. The van der Waals surface area contributed by atoms with E-state index in [0.717, 1.165) is 5.69 Å². The van der Waals surface area contributed by atoms with Crippen molar-refractivity contribution in [2.24, 2.45) is 0 Å². The van der Waals surface area contributed by atoms with Crippen LogP contribution in [0.3, 0.4) is 0 Å². The van der Waals surface area contributed by atoms with Crippen LogP contribution in [0.4, 0.5) is 10.8 Å². The number of rotatable bonds is 3. The van der Waals surface area contributed by atoms with Crippen molar-refractivity contribution in [1.82, 2.24) is 20.4 Å². The highest BCUT2D eigenvalue weighted by Gasteiger charge is 2.40. The van der Waals surface area contributed by atoms with Crippen LogP contribution in [0, 0.1) is 0 Å². The van der Waals surface area contributed by atoms with Gasteiger partial charge in [-0.3, -0.25) is 19.7 Å². The Hall–Kier alpha value is -3.01. The van der Waals surface area contributed by atoms with Crippen molar-refractivity contribution in [3.8, 4) is 0 Å². The van der Waals surface area contributed by atoms with E-state index in [4.69, 9.17) is 0 Å². The molecule has 0 unspecified atom stereocenters. The normalized spacial score (nSPS) is 21.9. The molecular formula is C17H18N6O3S. The molecule has 140 valence electrons. The topological polar surface area (TPSA) is 116 Å². The molecule has 1 aromatic carbocycles. The molecule has 3 amide bonds. The van der Waals surface area contributed by atoms with Gasteiger partial charge in [0.15, 0.2) is 0 Å². The molecule has 4 rings (SSSR count). The lowest BCUT2D eigenvalue weighted by Crippen LogP contribution is -2.58. The first-order chi connectivity index (χ1) is 13.0.